The minimum Gasteiger partial charge on any atom is -0.396 e. The lowest BCUT2D eigenvalue weighted by molar-refractivity contribution is 0.0955. The molecule has 104 valence electrons. The summed E-state index contributed by atoms with van der Waals surface area (Å²) in [5.41, 5.74) is 6.78. The molecule has 0 spiro atoms. The van der Waals surface area contributed by atoms with E-state index in [1.165, 1.54) is 0 Å². The molecule has 6 heteroatoms. The van der Waals surface area contributed by atoms with E-state index in [1.54, 1.807) is 42.6 Å². The van der Waals surface area contributed by atoms with Crippen LogP contribution in [0.15, 0.2) is 42.6 Å². The second kappa shape index (κ2) is 6.77. The zero-order chi connectivity index (χ0) is 14.4. The van der Waals surface area contributed by atoms with Gasteiger partial charge in [-0.05, 0) is 24.3 Å². The highest BCUT2D eigenvalue weighted by Crippen LogP contribution is 2.14. The fraction of sp³-hybridized carbons (Fsp3) is 0.143. The average molecular weight is 291 g/mol. The third kappa shape index (κ3) is 3.61. The van der Waals surface area contributed by atoms with E-state index >= 15 is 0 Å². The van der Waals surface area contributed by atoms with Gasteiger partial charge in [0.1, 0.15) is 5.82 Å². The Morgan fingerprint density at radius 3 is 2.75 bits per heavy atom. The highest BCUT2D eigenvalue weighted by molar-refractivity contribution is 6.33. The van der Waals surface area contributed by atoms with Crippen LogP contribution in [0.5, 0.6) is 0 Å². The van der Waals surface area contributed by atoms with Crippen LogP contribution in [0.3, 0.4) is 0 Å². The van der Waals surface area contributed by atoms with Gasteiger partial charge in [0.2, 0.25) is 0 Å². The van der Waals surface area contributed by atoms with E-state index in [-0.39, 0.29) is 5.91 Å². The molecule has 0 atom stereocenters. The van der Waals surface area contributed by atoms with E-state index in [0.29, 0.717) is 35.2 Å². The molecule has 1 heterocycles. The molecule has 5 nitrogen and oxygen atoms in total. The number of nitrogen functional groups attached to an aromatic ring is 1. The van der Waals surface area contributed by atoms with Crippen LogP contribution in [0.1, 0.15) is 10.4 Å². The molecule has 0 saturated carbocycles. The lowest BCUT2D eigenvalue weighted by Gasteiger charge is -2.09. The van der Waals surface area contributed by atoms with Crippen LogP contribution in [0.4, 0.5) is 11.5 Å². The van der Waals surface area contributed by atoms with Crippen molar-refractivity contribution in [3.8, 4) is 0 Å². The standard InChI is InChI=1S/C14H15ClN4O/c15-11-5-2-1-4-10(11)14(20)19-9-8-18-13-12(16)6-3-7-17-13/h1-7H,8-9,16H2,(H,17,18)(H,19,20). The zero-order valence-corrected chi connectivity index (χ0v) is 11.5. The maximum atomic E-state index is 11.9. The first-order valence-corrected chi connectivity index (χ1v) is 6.53. The SMILES string of the molecule is Nc1cccnc1NCCNC(=O)c1ccccc1Cl. The van der Waals surface area contributed by atoms with Gasteiger partial charge in [0.15, 0.2) is 0 Å². The fourth-order valence-corrected chi connectivity index (χ4v) is 1.88. The molecule has 1 amide bonds. The number of benzene rings is 1. The highest BCUT2D eigenvalue weighted by atomic mass is 35.5. The average Bonchev–Trinajstić information content (AvgIpc) is 2.45. The van der Waals surface area contributed by atoms with E-state index < -0.39 is 0 Å². The van der Waals surface area contributed by atoms with Crippen LogP contribution in [-0.2, 0) is 0 Å². The molecule has 0 aliphatic heterocycles. The molecular weight excluding hydrogens is 276 g/mol. The third-order valence-electron chi connectivity index (χ3n) is 2.66. The Bertz CT molecular complexity index is 603. The van der Waals surface area contributed by atoms with Gasteiger partial charge in [0.05, 0.1) is 16.3 Å². The Hall–Kier alpha value is -2.27. The number of hydrogen-bond acceptors (Lipinski definition) is 4. The number of hydrogen-bond donors (Lipinski definition) is 3. The quantitative estimate of drug-likeness (QED) is 0.737. The molecule has 1 aromatic carbocycles. The molecule has 0 unspecified atom stereocenters. The molecular formula is C14H15ClN4O. The molecule has 4 N–H and O–H groups in total. The van der Waals surface area contributed by atoms with E-state index in [1.807, 2.05) is 0 Å². The molecule has 0 saturated heterocycles. The monoisotopic (exact) mass is 290 g/mol. The van der Waals surface area contributed by atoms with Gasteiger partial charge >= 0.3 is 0 Å². The Morgan fingerprint density at radius 2 is 2.00 bits per heavy atom. The molecule has 0 fully saturated rings. The predicted octanol–water partition coefficient (Wildman–Crippen LogP) is 2.16. The Kier molecular flexibility index (Phi) is 4.79. The van der Waals surface area contributed by atoms with Crippen molar-refractivity contribution in [1.29, 1.82) is 0 Å². The summed E-state index contributed by atoms with van der Waals surface area (Å²) in [4.78, 5) is 16.0. The molecule has 0 radical (unpaired) electrons. The van der Waals surface area contributed by atoms with Crippen molar-refractivity contribution < 1.29 is 4.79 Å². The Labute approximate surface area is 122 Å². The number of nitrogens with two attached hydrogens (primary N) is 1. The maximum Gasteiger partial charge on any atom is 0.252 e. The first kappa shape index (κ1) is 14.1. The van der Waals surface area contributed by atoms with Crippen molar-refractivity contribution in [3.63, 3.8) is 0 Å². The van der Waals surface area contributed by atoms with Gasteiger partial charge in [-0.1, -0.05) is 23.7 Å². The summed E-state index contributed by atoms with van der Waals surface area (Å²) in [7, 11) is 0. The Morgan fingerprint density at radius 1 is 1.20 bits per heavy atom. The number of carbonyl (C=O) groups is 1. The number of nitrogens with zero attached hydrogens (tertiary/aromatic N) is 1. The third-order valence-corrected chi connectivity index (χ3v) is 2.99. The zero-order valence-electron chi connectivity index (χ0n) is 10.8. The van der Waals surface area contributed by atoms with Crippen LogP contribution >= 0.6 is 11.6 Å². The molecule has 2 aromatic rings. The highest BCUT2D eigenvalue weighted by Gasteiger charge is 2.08. The largest absolute Gasteiger partial charge is 0.396 e. The second-order valence-electron chi connectivity index (χ2n) is 4.10. The van der Waals surface area contributed by atoms with Crippen molar-refractivity contribution in [1.82, 2.24) is 10.3 Å². The van der Waals surface area contributed by atoms with Gasteiger partial charge in [-0.2, -0.15) is 0 Å². The van der Waals surface area contributed by atoms with Gasteiger partial charge in [-0.15, -0.1) is 0 Å². The number of halogens is 1. The number of anilines is 2. The number of rotatable bonds is 5. The van der Waals surface area contributed by atoms with Crippen LogP contribution in [0.25, 0.3) is 0 Å². The van der Waals surface area contributed by atoms with Crippen molar-refractivity contribution in [2.75, 3.05) is 24.1 Å². The summed E-state index contributed by atoms with van der Waals surface area (Å²) in [5.74, 6) is 0.408. The molecule has 2 rings (SSSR count). The van der Waals surface area contributed by atoms with E-state index in [4.69, 9.17) is 17.3 Å². The molecule has 1 aromatic heterocycles. The lowest BCUT2D eigenvalue weighted by Crippen LogP contribution is -2.29. The first-order chi connectivity index (χ1) is 9.68. The number of amides is 1. The summed E-state index contributed by atoms with van der Waals surface area (Å²) in [6, 6.07) is 10.4. The molecule has 0 aliphatic carbocycles. The van der Waals surface area contributed by atoms with Crippen molar-refractivity contribution in [2.24, 2.45) is 0 Å². The molecule has 0 aliphatic rings. The van der Waals surface area contributed by atoms with Crippen LogP contribution < -0.4 is 16.4 Å². The van der Waals surface area contributed by atoms with E-state index in [2.05, 4.69) is 15.6 Å². The van der Waals surface area contributed by atoms with E-state index in [9.17, 15) is 4.79 Å². The molecule has 0 bridgehead atoms. The topological polar surface area (TPSA) is 80.0 Å². The van der Waals surface area contributed by atoms with Gasteiger partial charge in [-0.25, -0.2) is 4.98 Å². The van der Waals surface area contributed by atoms with Crippen LogP contribution in [0.2, 0.25) is 5.02 Å². The summed E-state index contributed by atoms with van der Waals surface area (Å²) in [6.45, 7) is 0.970. The predicted molar refractivity (Wildman–Crippen MR) is 80.9 cm³/mol. The normalized spacial score (nSPS) is 10.1. The van der Waals surface area contributed by atoms with Crippen LogP contribution in [0, 0.1) is 0 Å². The lowest BCUT2D eigenvalue weighted by atomic mass is 10.2. The van der Waals surface area contributed by atoms with Crippen molar-refractivity contribution >= 4 is 29.0 Å². The maximum absolute atomic E-state index is 11.9. The minimum absolute atomic E-state index is 0.202. The van der Waals surface area contributed by atoms with Crippen LogP contribution in [-0.4, -0.2) is 24.0 Å². The summed E-state index contributed by atoms with van der Waals surface area (Å²) >= 11 is 5.95. The number of pyridine rings is 1. The summed E-state index contributed by atoms with van der Waals surface area (Å²) in [6.07, 6.45) is 1.65. The van der Waals surface area contributed by atoms with Gasteiger partial charge in [-0.3, -0.25) is 4.79 Å². The van der Waals surface area contributed by atoms with Gasteiger partial charge in [0.25, 0.3) is 5.91 Å². The molecule has 20 heavy (non-hydrogen) atoms. The summed E-state index contributed by atoms with van der Waals surface area (Å²) in [5, 5.41) is 6.26. The number of carbonyl (C=O) groups excluding carboxylic acids is 1. The second-order valence-corrected chi connectivity index (χ2v) is 4.51. The minimum atomic E-state index is -0.202. The number of nitrogens with one attached hydrogen (secondary N) is 2. The van der Waals surface area contributed by atoms with E-state index in [0.717, 1.165) is 0 Å². The smallest absolute Gasteiger partial charge is 0.252 e. The Balaban J connectivity index is 1.81. The van der Waals surface area contributed by atoms with Crippen molar-refractivity contribution in [3.05, 3.63) is 53.2 Å². The number of aromatic nitrogens is 1. The first-order valence-electron chi connectivity index (χ1n) is 6.15. The summed E-state index contributed by atoms with van der Waals surface area (Å²) < 4.78 is 0. The van der Waals surface area contributed by atoms with Gasteiger partial charge in [0, 0.05) is 19.3 Å². The van der Waals surface area contributed by atoms with Crippen molar-refractivity contribution in [2.45, 2.75) is 0 Å². The van der Waals surface area contributed by atoms with Gasteiger partial charge < -0.3 is 16.4 Å². The fourth-order valence-electron chi connectivity index (χ4n) is 1.66.